The lowest BCUT2D eigenvalue weighted by Crippen LogP contribution is -2.44. The number of fused-ring (bicyclic) bond motifs is 1. The van der Waals surface area contributed by atoms with E-state index in [1.807, 2.05) is 27.9 Å². The van der Waals surface area contributed by atoms with Crippen LogP contribution in [0.2, 0.25) is 0 Å². The first-order valence-electron chi connectivity index (χ1n) is 7.81. The molecule has 0 saturated heterocycles. The van der Waals surface area contributed by atoms with Gasteiger partial charge in [-0.25, -0.2) is 0 Å². The van der Waals surface area contributed by atoms with Crippen LogP contribution in [0.25, 0.3) is 0 Å². The Morgan fingerprint density at radius 3 is 2.83 bits per heavy atom. The van der Waals surface area contributed by atoms with E-state index in [1.54, 1.807) is 18.2 Å². The van der Waals surface area contributed by atoms with Crippen molar-refractivity contribution >= 4 is 17.5 Å². The lowest BCUT2D eigenvalue weighted by molar-refractivity contribution is -0.118. The molecular formula is C17H25N3O3. The fourth-order valence-corrected chi connectivity index (χ4v) is 2.56. The van der Waals surface area contributed by atoms with Gasteiger partial charge in [0.2, 0.25) is 0 Å². The maximum absolute atomic E-state index is 12.6. The number of benzene rings is 1. The fourth-order valence-electron chi connectivity index (χ4n) is 2.56. The van der Waals surface area contributed by atoms with Gasteiger partial charge in [0, 0.05) is 5.54 Å². The van der Waals surface area contributed by atoms with Gasteiger partial charge in [0.05, 0.1) is 11.3 Å². The zero-order valence-corrected chi connectivity index (χ0v) is 14.2. The van der Waals surface area contributed by atoms with Crippen LogP contribution in [0.15, 0.2) is 18.2 Å². The lowest BCUT2D eigenvalue weighted by Gasteiger charge is -2.28. The monoisotopic (exact) mass is 319 g/mol. The van der Waals surface area contributed by atoms with Crippen LogP contribution >= 0.6 is 0 Å². The molecule has 2 rings (SSSR count). The van der Waals surface area contributed by atoms with Crippen LogP contribution in [-0.2, 0) is 4.79 Å². The largest absolute Gasteiger partial charge is 0.482 e. The van der Waals surface area contributed by atoms with Crippen LogP contribution < -0.4 is 15.4 Å². The molecule has 1 aromatic carbocycles. The van der Waals surface area contributed by atoms with Crippen molar-refractivity contribution in [1.82, 2.24) is 10.2 Å². The van der Waals surface area contributed by atoms with Crippen LogP contribution in [0.4, 0.5) is 5.69 Å². The van der Waals surface area contributed by atoms with E-state index in [0.717, 1.165) is 19.4 Å². The van der Waals surface area contributed by atoms with E-state index in [4.69, 9.17) is 4.74 Å². The van der Waals surface area contributed by atoms with Gasteiger partial charge in [0.15, 0.2) is 6.61 Å². The standard InChI is InChI=1S/C17H25N3O3/c1-17(2,9-6-10-20(3)4)19-16(22)12-7-5-8-13-15(12)18-14(21)11-23-13/h5,7-8H,6,9-11H2,1-4H3,(H,18,21)(H,19,22). The number of nitrogens with one attached hydrogen (secondary N) is 2. The summed E-state index contributed by atoms with van der Waals surface area (Å²) >= 11 is 0. The second-order valence-corrected chi connectivity index (χ2v) is 6.76. The van der Waals surface area contributed by atoms with Gasteiger partial charge in [-0.05, 0) is 59.5 Å². The molecule has 0 spiro atoms. The molecule has 23 heavy (non-hydrogen) atoms. The van der Waals surface area contributed by atoms with Crippen LogP contribution in [0.1, 0.15) is 37.0 Å². The second-order valence-electron chi connectivity index (χ2n) is 6.76. The molecule has 2 N–H and O–H groups in total. The van der Waals surface area contributed by atoms with Crippen molar-refractivity contribution in [2.45, 2.75) is 32.2 Å². The molecule has 126 valence electrons. The highest BCUT2D eigenvalue weighted by Gasteiger charge is 2.26. The average molecular weight is 319 g/mol. The SMILES string of the molecule is CN(C)CCCC(C)(C)NC(=O)c1cccc2c1NC(=O)CO2. The summed E-state index contributed by atoms with van der Waals surface area (Å²) in [5.41, 5.74) is 0.552. The summed E-state index contributed by atoms with van der Waals surface area (Å²) in [7, 11) is 4.06. The third kappa shape index (κ3) is 4.69. The number of nitrogens with zero attached hydrogens (tertiary/aromatic N) is 1. The zero-order chi connectivity index (χ0) is 17.0. The van der Waals surface area contributed by atoms with E-state index in [2.05, 4.69) is 15.5 Å². The molecule has 0 atom stereocenters. The summed E-state index contributed by atoms with van der Waals surface area (Å²) in [5.74, 6) is 0.0770. The molecule has 0 aliphatic carbocycles. The summed E-state index contributed by atoms with van der Waals surface area (Å²) in [5, 5.41) is 5.77. The molecule has 0 unspecified atom stereocenters. The maximum Gasteiger partial charge on any atom is 0.262 e. The van der Waals surface area contributed by atoms with Gasteiger partial charge in [-0.1, -0.05) is 6.07 Å². The van der Waals surface area contributed by atoms with E-state index in [1.165, 1.54) is 0 Å². The van der Waals surface area contributed by atoms with Crippen LogP contribution in [0.5, 0.6) is 5.75 Å². The van der Waals surface area contributed by atoms with Crippen molar-refractivity contribution in [3.63, 3.8) is 0 Å². The summed E-state index contributed by atoms with van der Waals surface area (Å²) < 4.78 is 5.35. The molecule has 6 nitrogen and oxygen atoms in total. The molecule has 1 aliphatic rings. The topological polar surface area (TPSA) is 70.7 Å². The van der Waals surface area contributed by atoms with Crippen molar-refractivity contribution in [3.8, 4) is 5.75 Å². The van der Waals surface area contributed by atoms with Crippen LogP contribution in [-0.4, -0.2) is 49.5 Å². The van der Waals surface area contributed by atoms with Crippen LogP contribution in [0.3, 0.4) is 0 Å². The van der Waals surface area contributed by atoms with Crippen molar-refractivity contribution in [3.05, 3.63) is 23.8 Å². The number of carbonyl (C=O) groups excluding carboxylic acids is 2. The number of rotatable bonds is 6. The lowest BCUT2D eigenvalue weighted by atomic mass is 9.97. The smallest absolute Gasteiger partial charge is 0.262 e. The minimum absolute atomic E-state index is 0.0197. The number of para-hydroxylation sites is 1. The third-order valence-electron chi connectivity index (χ3n) is 3.75. The predicted octanol–water partition coefficient (Wildman–Crippen LogP) is 1.87. The molecule has 0 bridgehead atoms. The van der Waals surface area contributed by atoms with E-state index in [0.29, 0.717) is 17.0 Å². The Balaban J connectivity index is 2.07. The Kier molecular flexibility index (Phi) is 5.26. The van der Waals surface area contributed by atoms with Gasteiger partial charge in [0.1, 0.15) is 5.75 Å². The molecule has 0 aromatic heterocycles. The van der Waals surface area contributed by atoms with Gasteiger partial charge < -0.3 is 20.3 Å². The van der Waals surface area contributed by atoms with E-state index >= 15 is 0 Å². The number of hydrogen-bond acceptors (Lipinski definition) is 4. The highest BCUT2D eigenvalue weighted by atomic mass is 16.5. The Bertz CT molecular complexity index is 597. The Morgan fingerprint density at radius 1 is 1.39 bits per heavy atom. The quantitative estimate of drug-likeness (QED) is 0.840. The highest BCUT2D eigenvalue weighted by Crippen LogP contribution is 2.31. The van der Waals surface area contributed by atoms with Gasteiger partial charge in [-0.3, -0.25) is 9.59 Å². The summed E-state index contributed by atoms with van der Waals surface area (Å²) in [6.07, 6.45) is 1.86. The van der Waals surface area contributed by atoms with Gasteiger partial charge in [-0.2, -0.15) is 0 Å². The molecule has 6 heteroatoms. The fraction of sp³-hybridized carbons (Fsp3) is 0.529. The highest BCUT2D eigenvalue weighted by molar-refractivity contribution is 6.06. The number of carbonyl (C=O) groups is 2. The predicted molar refractivity (Wildman–Crippen MR) is 89.9 cm³/mol. The maximum atomic E-state index is 12.6. The third-order valence-corrected chi connectivity index (χ3v) is 3.75. The van der Waals surface area contributed by atoms with Gasteiger partial charge >= 0.3 is 0 Å². The summed E-state index contributed by atoms with van der Waals surface area (Å²) in [4.78, 5) is 26.2. The number of ether oxygens (including phenoxy) is 1. The molecule has 0 fully saturated rings. The normalized spacial score (nSPS) is 14.0. The Morgan fingerprint density at radius 2 is 2.13 bits per heavy atom. The van der Waals surface area contributed by atoms with E-state index < -0.39 is 0 Å². The van der Waals surface area contributed by atoms with E-state index in [9.17, 15) is 9.59 Å². The van der Waals surface area contributed by atoms with E-state index in [-0.39, 0.29) is 24.0 Å². The number of amides is 2. The molecule has 1 aromatic rings. The average Bonchev–Trinajstić information content (AvgIpc) is 2.45. The molecule has 1 heterocycles. The van der Waals surface area contributed by atoms with Gasteiger partial charge in [-0.15, -0.1) is 0 Å². The minimum Gasteiger partial charge on any atom is -0.482 e. The first-order valence-corrected chi connectivity index (χ1v) is 7.81. The molecule has 1 aliphatic heterocycles. The first kappa shape index (κ1) is 17.3. The molecular weight excluding hydrogens is 294 g/mol. The van der Waals surface area contributed by atoms with Crippen molar-refractivity contribution in [1.29, 1.82) is 0 Å². The number of anilines is 1. The second kappa shape index (κ2) is 7.00. The Labute approximate surface area is 137 Å². The molecule has 0 radical (unpaired) electrons. The van der Waals surface area contributed by atoms with Crippen LogP contribution in [0, 0.1) is 0 Å². The molecule has 2 amide bonds. The first-order chi connectivity index (χ1) is 10.8. The minimum atomic E-state index is -0.324. The van der Waals surface area contributed by atoms with Crippen molar-refractivity contribution in [2.75, 3.05) is 32.6 Å². The summed E-state index contributed by atoms with van der Waals surface area (Å²) in [6, 6.07) is 5.19. The zero-order valence-electron chi connectivity index (χ0n) is 14.2. The van der Waals surface area contributed by atoms with Crippen molar-refractivity contribution < 1.29 is 14.3 Å². The molecule has 0 saturated carbocycles. The summed E-state index contributed by atoms with van der Waals surface area (Å²) in [6.45, 7) is 4.97. The van der Waals surface area contributed by atoms with Crippen molar-refractivity contribution in [2.24, 2.45) is 0 Å². The number of hydrogen-bond donors (Lipinski definition) is 2. The Hall–Kier alpha value is -2.08. The van der Waals surface area contributed by atoms with Gasteiger partial charge in [0.25, 0.3) is 11.8 Å².